The third-order valence-corrected chi connectivity index (χ3v) is 9.05. The molecule has 0 aliphatic rings. The van der Waals surface area contributed by atoms with Crippen molar-refractivity contribution >= 4 is 35.8 Å². The topological polar surface area (TPSA) is 180 Å². The number of carboxylic acid groups (broad SMARTS) is 2. The molecule has 0 aliphatic heterocycles. The number of aromatic carboxylic acids is 2. The van der Waals surface area contributed by atoms with Gasteiger partial charge in [0.15, 0.2) is 0 Å². The Hall–Kier alpha value is -5.52. The van der Waals surface area contributed by atoms with Gasteiger partial charge in [0.05, 0.1) is 59.8 Å². The molecule has 0 aliphatic carbocycles. The van der Waals surface area contributed by atoms with E-state index in [1.807, 2.05) is 13.8 Å². The molecule has 12 heteroatoms. The lowest BCUT2D eigenvalue weighted by atomic mass is 10.1. The van der Waals surface area contributed by atoms with Crippen LogP contribution in [0.4, 0.5) is 0 Å². The van der Waals surface area contributed by atoms with Crippen molar-refractivity contribution < 1.29 is 57.9 Å². The molecule has 0 bridgehead atoms. The molecular formula is C48H66O12. The molecule has 3 aromatic rings. The molecule has 3 aromatic carbocycles. The number of carbonyl (C=O) groups is 6. The van der Waals surface area contributed by atoms with Crippen molar-refractivity contribution in [2.24, 2.45) is 0 Å². The molecule has 0 heterocycles. The van der Waals surface area contributed by atoms with Crippen molar-refractivity contribution in [3.05, 3.63) is 106 Å². The second kappa shape index (κ2) is 33.3. The molecule has 0 amide bonds. The summed E-state index contributed by atoms with van der Waals surface area (Å²) in [4.78, 5) is 69.5. The minimum absolute atomic E-state index is 0.190. The number of esters is 4. The van der Waals surface area contributed by atoms with E-state index < -0.39 is 35.8 Å². The van der Waals surface area contributed by atoms with Gasteiger partial charge >= 0.3 is 35.8 Å². The van der Waals surface area contributed by atoms with E-state index in [9.17, 15) is 28.8 Å². The number of unbranched alkanes of at least 4 members (excludes halogenated alkanes) is 12. The van der Waals surface area contributed by atoms with Crippen LogP contribution < -0.4 is 0 Å². The normalized spacial score (nSPS) is 10.2. The highest BCUT2D eigenvalue weighted by Crippen LogP contribution is 2.15. The maximum absolute atomic E-state index is 12.2. The van der Waals surface area contributed by atoms with Crippen LogP contribution in [0, 0.1) is 0 Å². The number of ether oxygens (including phenoxy) is 4. The Balaban J connectivity index is 0.000000475. The van der Waals surface area contributed by atoms with Gasteiger partial charge in [0.2, 0.25) is 0 Å². The molecule has 0 saturated heterocycles. The van der Waals surface area contributed by atoms with Gasteiger partial charge in [-0.3, -0.25) is 0 Å². The van der Waals surface area contributed by atoms with Crippen LogP contribution in [0.5, 0.6) is 0 Å². The van der Waals surface area contributed by atoms with Crippen LogP contribution in [0.25, 0.3) is 0 Å². The molecule has 0 aromatic heterocycles. The zero-order valence-corrected chi connectivity index (χ0v) is 36.0. The highest BCUT2D eigenvalue weighted by molar-refractivity contribution is 6.04. The summed E-state index contributed by atoms with van der Waals surface area (Å²) < 4.78 is 21.0. The second-order valence-electron chi connectivity index (χ2n) is 14.0. The van der Waals surface area contributed by atoms with Crippen molar-refractivity contribution in [2.45, 2.75) is 130 Å². The molecule has 0 saturated carbocycles. The average Bonchev–Trinajstić information content (AvgIpc) is 3.26. The predicted molar refractivity (Wildman–Crippen MR) is 231 cm³/mol. The number of carbonyl (C=O) groups excluding carboxylic acids is 4. The van der Waals surface area contributed by atoms with Gasteiger partial charge in [0, 0.05) is 0 Å². The fourth-order valence-corrected chi connectivity index (χ4v) is 5.56. The predicted octanol–water partition coefficient (Wildman–Crippen LogP) is 11.4. The summed E-state index contributed by atoms with van der Waals surface area (Å²) >= 11 is 0. The molecule has 60 heavy (non-hydrogen) atoms. The summed E-state index contributed by atoms with van der Waals surface area (Å²) in [6, 6.07) is 18.8. The van der Waals surface area contributed by atoms with E-state index in [1.54, 1.807) is 48.5 Å². The molecule has 0 fully saturated rings. The Morgan fingerprint density at radius 2 is 0.550 bits per heavy atom. The van der Waals surface area contributed by atoms with E-state index in [-0.39, 0.29) is 33.4 Å². The summed E-state index contributed by atoms with van der Waals surface area (Å²) in [6.45, 7) is 9.96. The van der Waals surface area contributed by atoms with E-state index in [1.165, 1.54) is 75.6 Å². The fraction of sp³-hybridized carbons (Fsp3) is 0.500. The van der Waals surface area contributed by atoms with Crippen molar-refractivity contribution in [2.75, 3.05) is 26.4 Å². The minimum Gasteiger partial charge on any atom is -0.478 e. The van der Waals surface area contributed by atoms with Gasteiger partial charge in [0.1, 0.15) is 0 Å². The SMILES string of the molecule is CCCCCCCCOC(=O)c1ccccc1C(=O)OCCCC.CCCCCCCCOC(=O)c1ccccc1C(=O)OCCCC.O=C(O)c1ccccc1C(=O)O. The van der Waals surface area contributed by atoms with Gasteiger partial charge in [-0.2, -0.15) is 0 Å². The standard InChI is InChI=1S/2C20H30O4.C8H6O4/c2*1-3-5-7-8-9-12-16-24-20(22)18-14-11-10-13-17(18)19(21)23-15-6-4-2;9-7(10)5-3-1-2-4-6(5)8(11)12/h2*10-11,13-14H,3-9,12,15-16H2,1-2H3;1-4H,(H,9,10)(H,11,12). The number of hydrogen-bond acceptors (Lipinski definition) is 10. The highest BCUT2D eigenvalue weighted by Gasteiger charge is 2.20. The maximum Gasteiger partial charge on any atom is 0.339 e. The Morgan fingerprint density at radius 3 is 0.800 bits per heavy atom. The van der Waals surface area contributed by atoms with E-state index in [0.29, 0.717) is 26.4 Å². The number of benzene rings is 3. The van der Waals surface area contributed by atoms with E-state index in [4.69, 9.17) is 29.2 Å². The third-order valence-electron chi connectivity index (χ3n) is 9.05. The number of hydrogen-bond donors (Lipinski definition) is 2. The lowest BCUT2D eigenvalue weighted by Crippen LogP contribution is -2.15. The first-order valence-electron chi connectivity index (χ1n) is 21.5. The van der Waals surface area contributed by atoms with Gasteiger partial charge < -0.3 is 29.2 Å². The van der Waals surface area contributed by atoms with Crippen molar-refractivity contribution in [1.29, 1.82) is 0 Å². The fourth-order valence-electron chi connectivity index (χ4n) is 5.56. The monoisotopic (exact) mass is 834 g/mol. The first-order valence-corrected chi connectivity index (χ1v) is 21.5. The summed E-state index contributed by atoms with van der Waals surface area (Å²) in [5.41, 5.74) is 0.744. The van der Waals surface area contributed by atoms with Crippen LogP contribution >= 0.6 is 0 Å². The molecule has 0 unspecified atom stereocenters. The Kier molecular flexibility index (Phi) is 29.2. The first-order chi connectivity index (χ1) is 29.0. The van der Waals surface area contributed by atoms with Crippen molar-refractivity contribution in [1.82, 2.24) is 0 Å². The van der Waals surface area contributed by atoms with Crippen LogP contribution in [0.1, 0.15) is 193 Å². The van der Waals surface area contributed by atoms with Gasteiger partial charge in [-0.05, 0) is 62.1 Å². The van der Waals surface area contributed by atoms with Gasteiger partial charge in [-0.1, -0.05) is 141 Å². The van der Waals surface area contributed by atoms with Gasteiger partial charge in [0.25, 0.3) is 0 Å². The van der Waals surface area contributed by atoms with Gasteiger partial charge in [-0.15, -0.1) is 0 Å². The molecular weight excluding hydrogens is 769 g/mol. The number of rotatable bonds is 26. The first kappa shape index (κ1) is 52.5. The molecule has 0 atom stereocenters. The second-order valence-corrected chi connectivity index (χ2v) is 14.0. The molecule has 3 rings (SSSR count). The lowest BCUT2D eigenvalue weighted by molar-refractivity contribution is 0.0451. The quantitative estimate of drug-likeness (QED) is 0.0444. The Labute approximate surface area is 356 Å². The molecule has 0 radical (unpaired) electrons. The van der Waals surface area contributed by atoms with Crippen molar-refractivity contribution in [3.63, 3.8) is 0 Å². The number of carboxylic acids is 2. The van der Waals surface area contributed by atoms with Crippen LogP contribution in [-0.2, 0) is 18.9 Å². The smallest absolute Gasteiger partial charge is 0.339 e. The van der Waals surface area contributed by atoms with Crippen molar-refractivity contribution in [3.8, 4) is 0 Å². The zero-order chi connectivity index (χ0) is 44.4. The van der Waals surface area contributed by atoms with Crippen LogP contribution in [-0.4, -0.2) is 72.5 Å². The molecule has 2 N–H and O–H groups in total. The van der Waals surface area contributed by atoms with E-state index in [2.05, 4.69) is 13.8 Å². The van der Waals surface area contributed by atoms with Crippen LogP contribution in [0.2, 0.25) is 0 Å². The summed E-state index contributed by atoms with van der Waals surface area (Å²) in [6.07, 6.45) is 17.2. The van der Waals surface area contributed by atoms with Crippen LogP contribution in [0.15, 0.2) is 72.8 Å². The summed E-state index contributed by atoms with van der Waals surface area (Å²) in [5, 5.41) is 17.1. The maximum atomic E-state index is 12.2. The summed E-state index contributed by atoms with van der Waals surface area (Å²) in [5.74, 6) is -4.29. The average molecular weight is 835 g/mol. The highest BCUT2D eigenvalue weighted by atomic mass is 16.5. The minimum atomic E-state index is -1.23. The van der Waals surface area contributed by atoms with Gasteiger partial charge in [-0.25, -0.2) is 28.8 Å². The van der Waals surface area contributed by atoms with E-state index in [0.717, 1.165) is 51.4 Å². The third kappa shape index (κ3) is 22.0. The lowest BCUT2D eigenvalue weighted by Gasteiger charge is -2.09. The molecule has 330 valence electrons. The van der Waals surface area contributed by atoms with E-state index >= 15 is 0 Å². The summed E-state index contributed by atoms with van der Waals surface area (Å²) in [7, 11) is 0. The largest absolute Gasteiger partial charge is 0.478 e. The molecule has 12 nitrogen and oxygen atoms in total. The Bertz CT molecular complexity index is 1590. The molecule has 0 spiro atoms. The zero-order valence-electron chi connectivity index (χ0n) is 36.0. The Morgan fingerprint density at radius 1 is 0.333 bits per heavy atom. The van der Waals surface area contributed by atoms with Crippen LogP contribution in [0.3, 0.4) is 0 Å².